The molecule has 28 heavy (non-hydrogen) atoms. The second-order valence-corrected chi connectivity index (χ2v) is 7.46. The molecule has 1 atom stereocenters. The third-order valence-electron chi connectivity index (χ3n) is 5.29. The topological polar surface area (TPSA) is 32.8 Å². The van der Waals surface area contributed by atoms with E-state index in [1.165, 1.54) is 5.56 Å². The zero-order valence-corrected chi connectivity index (χ0v) is 16.8. The van der Waals surface area contributed by atoms with Crippen LogP contribution in [0.25, 0.3) is 0 Å². The number of likely N-dealkylation sites (tertiary alicyclic amines) is 1. The van der Waals surface area contributed by atoms with Crippen molar-refractivity contribution in [1.29, 1.82) is 0 Å². The van der Waals surface area contributed by atoms with Crippen molar-refractivity contribution in [2.45, 2.75) is 45.2 Å². The number of hydrogen-bond acceptors (Lipinski definition) is 3. The number of carbonyl (C=O) groups excluding carboxylic acids is 1. The van der Waals surface area contributed by atoms with E-state index < -0.39 is 24.9 Å². The second kappa shape index (κ2) is 10.7. The van der Waals surface area contributed by atoms with Gasteiger partial charge in [-0.3, -0.25) is 4.79 Å². The van der Waals surface area contributed by atoms with Crippen molar-refractivity contribution in [3.05, 3.63) is 29.8 Å². The average Bonchev–Trinajstić information content (AvgIpc) is 2.68. The van der Waals surface area contributed by atoms with E-state index in [2.05, 4.69) is 11.0 Å². The van der Waals surface area contributed by atoms with E-state index in [-0.39, 0.29) is 0 Å². The Labute approximate surface area is 165 Å². The van der Waals surface area contributed by atoms with Gasteiger partial charge in [-0.1, -0.05) is 12.1 Å². The van der Waals surface area contributed by atoms with Crippen LogP contribution >= 0.6 is 0 Å². The molecule has 1 saturated heterocycles. The molecule has 1 aromatic carbocycles. The Kier molecular flexibility index (Phi) is 8.60. The Morgan fingerprint density at radius 3 is 2.82 bits per heavy atom. The van der Waals surface area contributed by atoms with Gasteiger partial charge in [0.1, 0.15) is 5.75 Å². The normalized spacial score (nSPS) is 18.1. The van der Waals surface area contributed by atoms with Gasteiger partial charge in [0.05, 0.1) is 13.5 Å². The number of halogens is 3. The summed E-state index contributed by atoms with van der Waals surface area (Å²) >= 11 is 0. The van der Waals surface area contributed by atoms with Crippen molar-refractivity contribution in [3.8, 4) is 5.75 Å². The van der Waals surface area contributed by atoms with E-state index in [1.807, 2.05) is 25.1 Å². The molecule has 0 radical (unpaired) electrons. The lowest BCUT2D eigenvalue weighted by molar-refractivity contribution is -0.149. The zero-order valence-electron chi connectivity index (χ0n) is 16.8. The first-order valence-electron chi connectivity index (χ1n) is 10.0. The SMILES string of the molecule is CCN(CC1CCCN(CCc2cccc(OC)c2)C1)C(=O)CCC(F)(F)F. The number of alkyl halides is 3. The predicted octanol–water partition coefficient (Wildman–Crippen LogP) is 4.14. The summed E-state index contributed by atoms with van der Waals surface area (Å²) in [6.07, 6.45) is -2.79. The number of methoxy groups -OCH3 is 1. The number of amides is 1. The highest BCUT2D eigenvalue weighted by Crippen LogP contribution is 2.23. The van der Waals surface area contributed by atoms with Gasteiger partial charge in [-0.25, -0.2) is 0 Å². The van der Waals surface area contributed by atoms with Crippen LogP contribution in [0, 0.1) is 5.92 Å². The fraction of sp³-hybridized carbons (Fsp3) is 0.667. The summed E-state index contributed by atoms with van der Waals surface area (Å²) in [5.74, 6) is 0.771. The number of nitrogens with zero attached hydrogens (tertiary/aromatic N) is 2. The van der Waals surface area contributed by atoms with Gasteiger partial charge in [-0.05, 0) is 56.3 Å². The molecule has 1 heterocycles. The largest absolute Gasteiger partial charge is 0.497 e. The van der Waals surface area contributed by atoms with Crippen LogP contribution in [0.5, 0.6) is 5.75 Å². The minimum atomic E-state index is -4.28. The minimum absolute atomic E-state index is 0.314. The van der Waals surface area contributed by atoms with E-state index in [0.717, 1.165) is 44.6 Å². The third kappa shape index (κ3) is 7.70. The number of piperidine rings is 1. The van der Waals surface area contributed by atoms with Crippen molar-refractivity contribution in [1.82, 2.24) is 9.80 Å². The molecule has 1 aliphatic rings. The number of rotatable bonds is 9. The summed E-state index contributed by atoms with van der Waals surface area (Å²) in [7, 11) is 1.66. The lowest BCUT2D eigenvalue weighted by Gasteiger charge is -2.35. The van der Waals surface area contributed by atoms with Crippen molar-refractivity contribution in [2.24, 2.45) is 5.92 Å². The fourth-order valence-electron chi connectivity index (χ4n) is 3.74. The molecule has 2 rings (SSSR count). The van der Waals surface area contributed by atoms with Gasteiger partial charge in [-0.2, -0.15) is 13.2 Å². The van der Waals surface area contributed by atoms with Gasteiger partial charge >= 0.3 is 6.18 Å². The molecular weight excluding hydrogens is 369 g/mol. The highest BCUT2D eigenvalue weighted by molar-refractivity contribution is 5.76. The summed E-state index contributed by atoms with van der Waals surface area (Å²) in [5, 5.41) is 0. The Balaban J connectivity index is 1.81. The maximum atomic E-state index is 12.4. The Bertz CT molecular complexity index is 622. The third-order valence-corrected chi connectivity index (χ3v) is 5.29. The number of benzene rings is 1. The van der Waals surface area contributed by atoms with Gasteiger partial charge in [0.25, 0.3) is 0 Å². The number of hydrogen-bond donors (Lipinski definition) is 0. The molecule has 158 valence electrons. The van der Waals surface area contributed by atoms with Crippen LogP contribution < -0.4 is 4.74 Å². The number of ether oxygens (including phenoxy) is 1. The van der Waals surface area contributed by atoms with Crippen LogP contribution in [0.4, 0.5) is 13.2 Å². The molecule has 0 N–H and O–H groups in total. The molecule has 7 heteroatoms. The van der Waals surface area contributed by atoms with Crippen molar-refractivity contribution < 1.29 is 22.7 Å². The molecule has 1 unspecified atom stereocenters. The molecule has 0 aliphatic carbocycles. The Morgan fingerprint density at radius 1 is 1.36 bits per heavy atom. The summed E-state index contributed by atoms with van der Waals surface area (Å²) in [6, 6.07) is 8.04. The van der Waals surface area contributed by atoms with E-state index in [1.54, 1.807) is 12.0 Å². The van der Waals surface area contributed by atoms with Gasteiger partial charge < -0.3 is 14.5 Å². The molecule has 1 amide bonds. The second-order valence-electron chi connectivity index (χ2n) is 7.46. The summed E-state index contributed by atoms with van der Waals surface area (Å²) in [6.45, 7) is 5.66. The van der Waals surface area contributed by atoms with E-state index >= 15 is 0 Å². The molecule has 0 saturated carbocycles. The monoisotopic (exact) mass is 400 g/mol. The lowest BCUT2D eigenvalue weighted by Crippen LogP contribution is -2.43. The van der Waals surface area contributed by atoms with E-state index in [0.29, 0.717) is 19.0 Å². The predicted molar refractivity (Wildman–Crippen MR) is 103 cm³/mol. The van der Waals surface area contributed by atoms with Crippen LogP contribution in [-0.4, -0.2) is 61.7 Å². The quantitative estimate of drug-likeness (QED) is 0.625. The minimum Gasteiger partial charge on any atom is -0.497 e. The molecule has 0 aromatic heterocycles. The van der Waals surface area contributed by atoms with Gasteiger partial charge in [0.2, 0.25) is 5.91 Å². The molecule has 1 aliphatic heterocycles. The van der Waals surface area contributed by atoms with E-state index in [9.17, 15) is 18.0 Å². The fourth-order valence-corrected chi connectivity index (χ4v) is 3.74. The first-order valence-corrected chi connectivity index (χ1v) is 10.0. The molecule has 0 spiro atoms. The molecule has 0 bridgehead atoms. The van der Waals surface area contributed by atoms with Crippen molar-refractivity contribution in [3.63, 3.8) is 0 Å². The average molecular weight is 400 g/mol. The van der Waals surface area contributed by atoms with Gasteiger partial charge in [-0.15, -0.1) is 0 Å². The molecule has 1 fully saturated rings. The maximum absolute atomic E-state index is 12.4. The molecular formula is C21H31F3N2O2. The lowest BCUT2D eigenvalue weighted by atomic mass is 9.96. The van der Waals surface area contributed by atoms with Gasteiger partial charge in [0, 0.05) is 32.6 Å². The van der Waals surface area contributed by atoms with Crippen LogP contribution in [0.15, 0.2) is 24.3 Å². The molecule has 1 aromatic rings. The summed E-state index contributed by atoms with van der Waals surface area (Å²) in [4.78, 5) is 16.1. The zero-order chi connectivity index (χ0) is 20.6. The first-order chi connectivity index (χ1) is 13.3. The summed E-state index contributed by atoms with van der Waals surface area (Å²) < 4.78 is 42.4. The Hall–Kier alpha value is -1.76. The van der Waals surface area contributed by atoms with Crippen LogP contribution in [0.1, 0.15) is 38.2 Å². The molecule has 4 nitrogen and oxygen atoms in total. The maximum Gasteiger partial charge on any atom is 0.389 e. The van der Waals surface area contributed by atoms with Crippen LogP contribution in [-0.2, 0) is 11.2 Å². The highest BCUT2D eigenvalue weighted by atomic mass is 19.4. The summed E-state index contributed by atoms with van der Waals surface area (Å²) in [5.41, 5.74) is 1.22. The van der Waals surface area contributed by atoms with Crippen LogP contribution in [0.3, 0.4) is 0 Å². The van der Waals surface area contributed by atoms with Crippen molar-refractivity contribution >= 4 is 5.91 Å². The standard InChI is InChI=1S/C21H31F3N2O2/c1-3-26(20(27)9-11-21(22,23)24)16-18-7-5-12-25(15-18)13-10-17-6-4-8-19(14-17)28-2/h4,6,8,14,18H,3,5,7,9-13,15-16H2,1-2H3. The smallest absolute Gasteiger partial charge is 0.389 e. The van der Waals surface area contributed by atoms with Crippen molar-refractivity contribution in [2.75, 3.05) is 39.8 Å². The van der Waals surface area contributed by atoms with E-state index in [4.69, 9.17) is 4.74 Å². The van der Waals surface area contributed by atoms with Gasteiger partial charge in [0.15, 0.2) is 0 Å². The number of carbonyl (C=O) groups is 1. The highest BCUT2D eigenvalue weighted by Gasteiger charge is 2.30. The first kappa shape index (κ1) is 22.5. The van der Waals surface area contributed by atoms with Crippen LogP contribution in [0.2, 0.25) is 0 Å². The Morgan fingerprint density at radius 2 is 2.14 bits per heavy atom.